The Morgan fingerprint density at radius 2 is 1.93 bits per heavy atom. The third kappa shape index (κ3) is 5.80. The van der Waals surface area contributed by atoms with Crippen LogP contribution in [-0.2, 0) is 4.79 Å². The summed E-state index contributed by atoms with van der Waals surface area (Å²) < 4.78 is 0. The molecule has 154 valence electrons. The van der Waals surface area contributed by atoms with E-state index in [9.17, 15) is 14.7 Å². The van der Waals surface area contributed by atoms with Crippen molar-refractivity contribution in [2.75, 3.05) is 6.61 Å². The fraction of sp³-hybridized carbons (Fsp3) is 0.429. The summed E-state index contributed by atoms with van der Waals surface area (Å²) in [6.07, 6.45) is 0.0392. The third-order valence-corrected chi connectivity index (χ3v) is 4.78. The van der Waals surface area contributed by atoms with Gasteiger partial charge in [0.25, 0.3) is 11.8 Å². The molecule has 8 nitrogen and oxygen atoms in total. The molecule has 1 saturated carbocycles. The van der Waals surface area contributed by atoms with Crippen LogP contribution in [0.25, 0.3) is 0 Å². The zero-order chi connectivity index (χ0) is 21.6. The van der Waals surface area contributed by atoms with Crippen molar-refractivity contribution in [1.29, 1.82) is 0 Å². The molecule has 0 saturated heterocycles. The van der Waals surface area contributed by atoms with Crippen molar-refractivity contribution in [3.63, 3.8) is 0 Å². The van der Waals surface area contributed by atoms with E-state index in [0.29, 0.717) is 17.5 Å². The standard InChI is InChI=1S/C21H25N3O5/c1-21(2,22)18(20(28)24-29)23-19(27)14-9-7-13(8-10-14)5-3-4-6-15-11-17(26)16(15)12-25/h7-10,15-18,25-26,29H,11-12,22H2,1-2H3,(H,23,27)(H,24,28)/t15-,16+,17+,18+/m0/s1. The van der Waals surface area contributed by atoms with E-state index < -0.39 is 29.5 Å². The largest absolute Gasteiger partial charge is 0.396 e. The highest BCUT2D eigenvalue weighted by molar-refractivity contribution is 5.97. The molecule has 0 bridgehead atoms. The van der Waals surface area contributed by atoms with E-state index in [1.807, 2.05) is 0 Å². The number of carbonyl (C=O) groups is 2. The van der Waals surface area contributed by atoms with E-state index in [2.05, 4.69) is 29.0 Å². The summed E-state index contributed by atoms with van der Waals surface area (Å²) in [5, 5.41) is 30.0. The number of carbonyl (C=O) groups excluding carboxylic acids is 2. The second-order valence-electron chi connectivity index (χ2n) is 7.56. The molecule has 4 atom stereocenters. The number of hydrogen-bond donors (Lipinski definition) is 6. The Labute approximate surface area is 169 Å². The van der Waals surface area contributed by atoms with Crippen LogP contribution in [0.2, 0.25) is 0 Å². The maximum atomic E-state index is 12.4. The van der Waals surface area contributed by atoms with E-state index in [1.165, 1.54) is 5.48 Å². The van der Waals surface area contributed by atoms with Gasteiger partial charge in [0.05, 0.1) is 6.10 Å². The van der Waals surface area contributed by atoms with Crippen molar-refractivity contribution >= 4 is 11.8 Å². The van der Waals surface area contributed by atoms with Crippen LogP contribution in [0, 0.1) is 35.5 Å². The first-order valence-corrected chi connectivity index (χ1v) is 9.11. The molecule has 0 aliphatic heterocycles. The summed E-state index contributed by atoms with van der Waals surface area (Å²) in [5.74, 6) is 9.62. The van der Waals surface area contributed by atoms with E-state index in [4.69, 9.17) is 16.0 Å². The molecule has 2 amide bonds. The lowest BCUT2D eigenvalue weighted by Gasteiger charge is -2.37. The lowest BCUT2D eigenvalue weighted by Crippen LogP contribution is -2.61. The van der Waals surface area contributed by atoms with Crippen molar-refractivity contribution in [3.8, 4) is 23.7 Å². The van der Waals surface area contributed by atoms with Gasteiger partial charge in [-0.15, -0.1) is 0 Å². The molecule has 0 heterocycles. The van der Waals surface area contributed by atoms with Crippen LogP contribution in [-0.4, -0.2) is 51.5 Å². The molecule has 1 aliphatic rings. The van der Waals surface area contributed by atoms with Gasteiger partial charge in [0.2, 0.25) is 0 Å². The summed E-state index contributed by atoms with van der Waals surface area (Å²) in [4.78, 5) is 24.1. The number of rotatable bonds is 5. The number of nitrogens with two attached hydrogens (primary N) is 1. The number of benzene rings is 1. The lowest BCUT2D eigenvalue weighted by atomic mass is 9.72. The monoisotopic (exact) mass is 399 g/mol. The van der Waals surface area contributed by atoms with Crippen molar-refractivity contribution in [3.05, 3.63) is 35.4 Å². The Balaban J connectivity index is 2.00. The first-order valence-electron chi connectivity index (χ1n) is 9.11. The fourth-order valence-corrected chi connectivity index (χ4v) is 2.90. The van der Waals surface area contributed by atoms with Gasteiger partial charge in [-0.2, -0.15) is 0 Å². The fourth-order valence-electron chi connectivity index (χ4n) is 2.90. The molecule has 0 radical (unpaired) electrons. The van der Waals surface area contributed by atoms with Crippen LogP contribution < -0.4 is 16.5 Å². The zero-order valence-corrected chi connectivity index (χ0v) is 16.3. The Morgan fingerprint density at radius 3 is 2.45 bits per heavy atom. The van der Waals surface area contributed by atoms with E-state index >= 15 is 0 Å². The summed E-state index contributed by atoms with van der Waals surface area (Å²) in [6.45, 7) is 3.01. The minimum Gasteiger partial charge on any atom is -0.396 e. The first kappa shape index (κ1) is 22.4. The number of hydroxylamine groups is 1. The van der Waals surface area contributed by atoms with Crippen LogP contribution in [0.5, 0.6) is 0 Å². The Kier molecular flexibility index (Phi) is 7.38. The summed E-state index contributed by atoms with van der Waals surface area (Å²) in [6, 6.07) is 5.26. The highest BCUT2D eigenvalue weighted by atomic mass is 16.5. The normalized spacial score (nSPS) is 21.4. The van der Waals surface area contributed by atoms with Gasteiger partial charge in [-0.3, -0.25) is 14.8 Å². The van der Waals surface area contributed by atoms with Gasteiger partial charge >= 0.3 is 0 Å². The smallest absolute Gasteiger partial charge is 0.267 e. The van der Waals surface area contributed by atoms with Crippen LogP contribution >= 0.6 is 0 Å². The Hall–Kier alpha value is -2.88. The van der Waals surface area contributed by atoms with Crippen molar-refractivity contribution in [2.24, 2.45) is 17.6 Å². The predicted molar refractivity (Wildman–Crippen MR) is 105 cm³/mol. The van der Waals surface area contributed by atoms with Crippen molar-refractivity contribution in [2.45, 2.75) is 38.0 Å². The minimum absolute atomic E-state index is 0.0498. The number of amides is 2. The number of nitrogens with one attached hydrogen (secondary N) is 2. The summed E-state index contributed by atoms with van der Waals surface area (Å²) in [7, 11) is 0. The lowest BCUT2D eigenvalue weighted by molar-refractivity contribution is -0.132. The van der Waals surface area contributed by atoms with Gasteiger partial charge in [0, 0.05) is 35.1 Å². The van der Waals surface area contributed by atoms with E-state index in [1.54, 1.807) is 38.1 Å². The molecular weight excluding hydrogens is 374 g/mol. The average Bonchev–Trinajstić information content (AvgIpc) is 2.67. The number of aliphatic hydroxyl groups excluding tert-OH is 2. The van der Waals surface area contributed by atoms with Gasteiger partial charge < -0.3 is 21.3 Å². The molecule has 0 spiro atoms. The second kappa shape index (κ2) is 9.55. The van der Waals surface area contributed by atoms with Crippen molar-refractivity contribution in [1.82, 2.24) is 10.8 Å². The molecule has 1 fully saturated rings. The van der Waals surface area contributed by atoms with Crippen molar-refractivity contribution < 1.29 is 25.0 Å². The van der Waals surface area contributed by atoms with E-state index in [0.717, 1.165) is 0 Å². The van der Waals surface area contributed by atoms with Crippen LogP contribution in [0.4, 0.5) is 0 Å². The molecular formula is C21H25N3O5. The molecule has 29 heavy (non-hydrogen) atoms. The van der Waals surface area contributed by atoms with Crippen LogP contribution in [0.1, 0.15) is 36.2 Å². The molecule has 7 N–H and O–H groups in total. The first-order chi connectivity index (χ1) is 13.7. The highest BCUT2D eigenvalue weighted by Gasteiger charge is 2.38. The molecule has 1 aliphatic carbocycles. The molecule has 2 rings (SSSR count). The number of hydrogen-bond acceptors (Lipinski definition) is 6. The highest BCUT2D eigenvalue weighted by Crippen LogP contribution is 2.33. The molecule has 8 heteroatoms. The van der Waals surface area contributed by atoms with Gasteiger partial charge in [-0.25, -0.2) is 5.48 Å². The second-order valence-corrected chi connectivity index (χ2v) is 7.56. The maximum Gasteiger partial charge on any atom is 0.267 e. The summed E-state index contributed by atoms with van der Waals surface area (Å²) in [5.41, 5.74) is 7.25. The van der Waals surface area contributed by atoms with Gasteiger partial charge in [0.15, 0.2) is 0 Å². The minimum atomic E-state index is -1.12. The zero-order valence-electron chi connectivity index (χ0n) is 16.3. The maximum absolute atomic E-state index is 12.4. The topological polar surface area (TPSA) is 145 Å². The molecule has 0 unspecified atom stereocenters. The van der Waals surface area contributed by atoms with Gasteiger partial charge in [0.1, 0.15) is 6.04 Å². The predicted octanol–water partition coefficient (Wildman–Crippen LogP) is -0.628. The van der Waals surface area contributed by atoms with Gasteiger partial charge in [-0.05, 0) is 56.4 Å². The van der Waals surface area contributed by atoms with E-state index in [-0.39, 0.29) is 18.4 Å². The molecule has 1 aromatic rings. The summed E-state index contributed by atoms with van der Waals surface area (Å²) >= 11 is 0. The molecule has 1 aromatic carbocycles. The number of aliphatic hydroxyl groups is 2. The Bertz CT molecular complexity index is 868. The SMILES string of the molecule is CC(C)(N)[C@H](NC(=O)c1ccc(C#CC#C[C@H]2C[C@@H](O)[C@@H]2CO)cc1)C(=O)NO. The van der Waals surface area contributed by atoms with Gasteiger partial charge in [-0.1, -0.05) is 11.8 Å². The Morgan fingerprint density at radius 1 is 1.28 bits per heavy atom. The third-order valence-electron chi connectivity index (χ3n) is 4.78. The quantitative estimate of drug-likeness (QED) is 0.221. The van der Waals surface area contributed by atoms with Crippen LogP contribution in [0.3, 0.4) is 0 Å². The van der Waals surface area contributed by atoms with Crippen LogP contribution in [0.15, 0.2) is 24.3 Å². The average molecular weight is 399 g/mol. The molecule has 0 aromatic heterocycles.